The Hall–Kier alpha value is -2.98. The molecule has 2 atom stereocenters. The zero-order valence-electron chi connectivity index (χ0n) is 16.9. The minimum atomic E-state index is -0.399. The van der Waals surface area contributed by atoms with Crippen LogP contribution in [0.5, 0.6) is 0 Å². The highest BCUT2D eigenvalue weighted by Gasteiger charge is 2.44. The topological polar surface area (TPSA) is 82.4 Å². The molecule has 2 aromatic rings. The van der Waals surface area contributed by atoms with Crippen LogP contribution in [-0.4, -0.2) is 52.6 Å². The molecule has 1 aliphatic carbocycles. The molecule has 2 bridgehead atoms. The predicted octanol–water partition coefficient (Wildman–Crippen LogP) is 2.62. The van der Waals surface area contributed by atoms with Crippen LogP contribution in [0.4, 0.5) is 5.82 Å². The van der Waals surface area contributed by atoms with Gasteiger partial charge in [0, 0.05) is 37.6 Å². The number of hydrogen-bond acceptors (Lipinski definition) is 6. The van der Waals surface area contributed by atoms with Crippen molar-refractivity contribution < 1.29 is 9.53 Å². The molecule has 2 saturated heterocycles. The zero-order chi connectivity index (χ0) is 20.6. The van der Waals surface area contributed by atoms with Gasteiger partial charge in [0.15, 0.2) is 0 Å². The highest BCUT2D eigenvalue weighted by Crippen LogP contribution is 2.44. The molecule has 7 heteroatoms. The molecule has 2 aromatic heterocycles. The van der Waals surface area contributed by atoms with Crippen molar-refractivity contribution in [3.8, 4) is 6.07 Å². The van der Waals surface area contributed by atoms with Crippen molar-refractivity contribution in [2.24, 2.45) is 0 Å². The van der Waals surface area contributed by atoms with E-state index in [2.05, 4.69) is 20.9 Å². The number of carbonyl (C=O) groups is 1. The van der Waals surface area contributed by atoms with E-state index in [1.807, 2.05) is 35.2 Å². The number of amides is 1. The average molecular weight is 403 g/mol. The summed E-state index contributed by atoms with van der Waals surface area (Å²) in [6.07, 6.45) is 8.45. The monoisotopic (exact) mass is 403 g/mol. The van der Waals surface area contributed by atoms with E-state index < -0.39 is 5.60 Å². The van der Waals surface area contributed by atoms with E-state index in [-0.39, 0.29) is 24.6 Å². The summed E-state index contributed by atoms with van der Waals surface area (Å²) < 4.78 is 6.18. The van der Waals surface area contributed by atoms with E-state index in [9.17, 15) is 4.79 Å². The second-order valence-corrected chi connectivity index (χ2v) is 8.46. The molecule has 1 saturated carbocycles. The third-order valence-electron chi connectivity index (χ3n) is 6.74. The standard InChI is InChI=1S/C23H25N5O2/c24-12-17-5-8-21(26-13-17)28-18-6-7-19(28)15-27(14-18)22(29)16-30-23(9-3-10-23)20-4-1-2-11-25-20/h1-2,4-5,8,11,13,18-19H,3,6-7,9-10,14-16H2/t18-,19?/m0/s1. The van der Waals surface area contributed by atoms with Gasteiger partial charge in [-0.1, -0.05) is 6.07 Å². The van der Waals surface area contributed by atoms with Gasteiger partial charge < -0.3 is 14.5 Å². The lowest BCUT2D eigenvalue weighted by Gasteiger charge is -2.43. The Bertz CT molecular complexity index is 938. The number of piperazine rings is 1. The first-order valence-corrected chi connectivity index (χ1v) is 10.7. The fourth-order valence-electron chi connectivity index (χ4n) is 4.98. The average Bonchev–Trinajstić information content (AvgIpc) is 3.02. The molecule has 0 radical (unpaired) electrons. The molecule has 3 fully saturated rings. The molecule has 154 valence electrons. The second-order valence-electron chi connectivity index (χ2n) is 8.46. The fourth-order valence-corrected chi connectivity index (χ4v) is 4.98. The maximum atomic E-state index is 13.0. The first-order valence-electron chi connectivity index (χ1n) is 10.7. The molecule has 0 N–H and O–H groups in total. The Morgan fingerprint density at radius 2 is 1.97 bits per heavy atom. The molecule has 0 spiro atoms. The predicted molar refractivity (Wildman–Crippen MR) is 111 cm³/mol. The number of carbonyl (C=O) groups excluding carboxylic acids is 1. The van der Waals surface area contributed by atoms with E-state index in [0.29, 0.717) is 18.7 Å². The molecule has 1 unspecified atom stereocenters. The highest BCUT2D eigenvalue weighted by atomic mass is 16.5. The number of nitrogens with zero attached hydrogens (tertiary/aromatic N) is 5. The lowest BCUT2D eigenvalue weighted by Crippen LogP contribution is -2.56. The molecule has 1 amide bonds. The quantitative estimate of drug-likeness (QED) is 0.763. The van der Waals surface area contributed by atoms with Gasteiger partial charge >= 0.3 is 0 Å². The van der Waals surface area contributed by atoms with Crippen molar-refractivity contribution in [2.75, 3.05) is 24.6 Å². The number of hydrogen-bond donors (Lipinski definition) is 0. The van der Waals surface area contributed by atoms with E-state index in [1.165, 1.54) is 0 Å². The van der Waals surface area contributed by atoms with Crippen LogP contribution in [0.3, 0.4) is 0 Å². The fraction of sp³-hybridized carbons (Fsp3) is 0.478. The van der Waals surface area contributed by atoms with Gasteiger partial charge in [-0.2, -0.15) is 5.26 Å². The maximum Gasteiger partial charge on any atom is 0.248 e. The Morgan fingerprint density at radius 1 is 1.17 bits per heavy atom. The molecule has 2 aliphatic heterocycles. The SMILES string of the molecule is N#Cc1ccc(N2C3CC[C@H]2CN(C(=O)COC2(c4ccccn4)CCC2)C3)nc1. The molecular weight excluding hydrogens is 378 g/mol. The van der Waals surface area contributed by atoms with Crippen LogP contribution in [-0.2, 0) is 15.1 Å². The van der Waals surface area contributed by atoms with Gasteiger partial charge in [-0.15, -0.1) is 0 Å². The molecule has 5 rings (SSSR count). The summed E-state index contributed by atoms with van der Waals surface area (Å²) in [5, 5.41) is 8.99. The summed E-state index contributed by atoms with van der Waals surface area (Å²) in [5.74, 6) is 0.954. The van der Waals surface area contributed by atoms with Gasteiger partial charge in [0.2, 0.25) is 5.91 Å². The number of ether oxygens (including phenoxy) is 1. The van der Waals surface area contributed by atoms with Crippen LogP contribution >= 0.6 is 0 Å². The zero-order valence-corrected chi connectivity index (χ0v) is 16.9. The van der Waals surface area contributed by atoms with Gasteiger partial charge in [0.1, 0.15) is 24.1 Å². The molecule has 3 aliphatic rings. The number of fused-ring (bicyclic) bond motifs is 2. The summed E-state index contributed by atoms with van der Waals surface area (Å²) in [5.41, 5.74) is 1.10. The van der Waals surface area contributed by atoms with Gasteiger partial charge in [-0.25, -0.2) is 4.98 Å². The molecule has 0 aromatic carbocycles. The third-order valence-corrected chi connectivity index (χ3v) is 6.74. The number of pyridine rings is 2. The largest absolute Gasteiger partial charge is 0.359 e. The lowest BCUT2D eigenvalue weighted by atomic mass is 9.77. The normalized spacial score (nSPS) is 24.2. The Labute approximate surface area is 176 Å². The summed E-state index contributed by atoms with van der Waals surface area (Å²) in [6.45, 7) is 1.49. The summed E-state index contributed by atoms with van der Waals surface area (Å²) in [6, 6.07) is 12.2. The van der Waals surface area contributed by atoms with E-state index in [0.717, 1.165) is 43.6 Å². The number of anilines is 1. The lowest BCUT2D eigenvalue weighted by molar-refractivity contribution is -0.155. The van der Waals surface area contributed by atoms with E-state index >= 15 is 0 Å². The second kappa shape index (κ2) is 7.69. The summed E-state index contributed by atoms with van der Waals surface area (Å²) >= 11 is 0. The third kappa shape index (κ3) is 3.31. The van der Waals surface area contributed by atoms with Crippen molar-refractivity contribution in [1.29, 1.82) is 5.26 Å². The van der Waals surface area contributed by atoms with Crippen molar-refractivity contribution >= 4 is 11.7 Å². The Morgan fingerprint density at radius 3 is 2.53 bits per heavy atom. The molecule has 30 heavy (non-hydrogen) atoms. The van der Waals surface area contributed by atoms with Gasteiger partial charge in [-0.3, -0.25) is 9.78 Å². The summed E-state index contributed by atoms with van der Waals surface area (Å²) in [4.78, 5) is 26.2. The van der Waals surface area contributed by atoms with Crippen LogP contribution in [0.1, 0.15) is 43.4 Å². The van der Waals surface area contributed by atoms with Crippen molar-refractivity contribution in [3.05, 3.63) is 54.0 Å². The summed E-state index contributed by atoms with van der Waals surface area (Å²) in [7, 11) is 0. The molecular formula is C23H25N5O2. The number of aromatic nitrogens is 2. The van der Waals surface area contributed by atoms with Crippen LogP contribution in [0.2, 0.25) is 0 Å². The van der Waals surface area contributed by atoms with Gasteiger partial charge in [-0.05, 0) is 56.4 Å². The van der Waals surface area contributed by atoms with Crippen molar-refractivity contribution in [2.45, 2.75) is 49.8 Å². The Balaban J connectivity index is 1.23. The minimum Gasteiger partial charge on any atom is -0.359 e. The number of nitriles is 1. The van der Waals surface area contributed by atoms with Crippen LogP contribution in [0, 0.1) is 11.3 Å². The van der Waals surface area contributed by atoms with Crippen molar-refractivity contribution in [1.82, 2.24) is 14.9 Å². The highest BCUT2D eigenvalue weighted by molar-refractivity contribution is 5.78. The first kappa shape index (κ1) is 19.0. The maximum absolute atomic E-state index is 13.0. The van der Waals surface area contributed by atoms with Gasteiger partial charge in [0.05, 0.1) is 11.3 Å². The molecule has 7 nitrogen and oxygen atoms in total. The first-order chi connectivity index (χ1) is 14.7. The number of likely N-dealkylation sites (tertiary alicyclic amines) is 1. The van der Waals surface area contributed by atoms with Crippen molar-refractivity contribution in [3.63, 3.8) is 0 Å². The number of rotatable bonds is 5. The van der Waals surface area contributed by atoms with Crippen LogP contribution in [0.15, 0.2) is 42.7 Å². The Kier molecular flexibility index (Phi) is 4.87. The van der Waals surface area contributed by atoms with Gasteiger partial charge in [0.25, 0.3) is 0 Å². The minimum absolute atomic E-state index is 0.0570. The van der Waals surface area contributed by atoms with Crippen LogP contribution in [0.25, 0.3) is 0 Å². The van der Waals surface area contributed by atoms with E-state index in [1.54, 1.807) is 12.4 Å². The van der Waals surface area contributed by atoms with Crippen LogP contribution < -0.4 is 4.90 Å². The smallest absolute Gasteiger partial charge is 0.248 e. The molecule has 4 heterocycles. The van der Waals surface area contributed by atoms with E-state index in [4.69, 9.17) is 10.00 Å².